The van der Waals surface area contributed by atoms with Gasteiger partial charge in [-0.05, 0) is 36.4 Å². The third-order valence-corrected chi connectivity index (χ3v) is 4.47. The first-order valence-corrected chi connectivity index (χ1v) is 8.68. The number of carbonyl (C=O) groups excluding carboxylic acids is 2. The molecule has 2 N–H and O–H groups in total. The van der Waals surface area contributed by atoms with E-state index in [1.807, 2.05) is 4.90 Å². The van der Waals surface area contributed by atoms with Gasteiger partial charge in [-0.3, -0.25) is 9.59 Å². The lowest BCUT2D eigenvalue weighted by Gasteiger charge is -2.29. The summed E-state index contributed by atoms with van der Waals surface area (Å²) in [7, 11) is 0. The van der Waals surface area contributed by atoms with Crippen LogP contribution in [0.15, 0.2) is 40.9 Å². The Bertz CT molecular complexity index is 826. The molecule has 0 bridgehead atoms. The highest BCUT2D eigenvalue weighted by Crippen LogP contribution is 2.29. The lowest BCUT2D eigenvalue weighted by Crippen LogP contribution is -2.47. The SMILES string of the molecule is O=C1CN(c2ccc(NC(=O)c3cc(F)cc(Br)c3)cc2Cl)CCN1. The molecule has 1 aliphatic rings. The zero-order chi connectivity index (χ0) is 18.0. The molecule has 1 fully saturated rings. The van der Waals surface area contributed by atoms with E-state index in [1.165, 1.54) is 12.1 Å². The second-order valence-electron chi connectivity index (χ2n) is 5.55. The molecule has 0 aliphatic carbocycles. The summed E-state index contributed by atoms with van der Waals surface area (Å²) in [4.78, 5) is 25.6. The van der Waals surface area contributed by atoms with Gasteiger partial charge in [-0.2, -0.15) is 0 Å². The largest absolute Gasteiger partial charge is 0.359 e. The van der Waals surface area contributed by atoms with Crippen LogP contribution in [0, 0.1) is 5.82 Å². The normalized spacial score (nSPS) is 14.2. The lowest BCUT2D eigenvalue weighted by atomic mass is 10.2. The van der Waals surface area contributed by atoms with Gasteiger partial charge in [-0.15, -0.1) is 0 Å². The quantitative estimate of drug-likeness (QED) is 0.790. The first-order chi connectivity index (χ1) is 11.9. The number of hydrogen-bond donors (Lipinski definition) is 2. The van der Waals surface area contributed by atoms with E-state index >= 15 is 0 Å². The van der Waals surface area contributed by atoms with E-state index in [2.05, 4.69) is 26.6 Å². The van der Waals surface area contributed by atoms with Crippen molar-refractivity contribution in [3.63, 3.8) is 0 Å². The van der Waals surface area contributed by atoms with Gasteiger partial charge in [0.05, 0.1) is 17.3 Å². The number of halogens is 3. The predicted molar refractivity (Wildman–Crippen MR) is 98.7 cm³/mol. The van der Waals surface area contributed by atoms with E-state index in [9.17, 15) is 14.0 Å². The number of nitrogens with zero attached hydrogens (tertiary/aromatic N) is 1. The molecule has 1 heterocycles. The summed E-state index contributed by atoms with van der Waals surface area (Å²) in [5.41, 5.74) is 1.41. The summed E-state index contributed by atoms with van der Waals surface area (Å²) in [5.74, 6) is -1.01. The first kappa shape index (κ1) is 17.7. The molecular weight excluding hydrogens is 413 g/mol. The summed E-state index contributed by atoms with van der Waals surface area (Å²) < 4.78 is 13.9. The average Bonchev–Trinajstić information content (AvgIpc) is 2.54. The number of hydrogen-bond acceptors (Lipinski definition) is 3. The fraction of sp³-hybridized carbons (Fsp3) is 0.176. The van der Waals surface area contributed by atoms with E-state index in [-0.39, 0.29) is 18.0 Å². The van der Waals surface area contributed by atoms with Crippen molar-refractivity contribution in [2.45, 2.75) is 0 Å². The number of benzene rings is 2. The molecule has 25 heavy (non-hydrogen) atoms. The molecule has 2 aromatic rings. The second kappa shape index (κ2) is 7.41. The first-order valence-electron chi connectivity index (χ1n) is 7.51. The highest BCUT2D eigenvalue weighted by molar-refractivity contribution is 9.10. The van der Waals surface area contributed by atoms with Crippen LogP contribution in [0.25, 0.3) is 0 Å². The van der Waals surface area contributed by atoms with Crippen molar-refractivity contribution in [3.05, 3.63) is 57.3 Å². The lowest BCUT2D eigenvalue weighted by molar-refractivity contribution is -0.120. The average molecular weight is 427 g/mol. The van der Waals surface area contributed by atoms with Crippen LogP contribution in [0.5, 0.6) is 0 Å². The zero-order valence-corrected chi connectivity index (χ0v) is 15.3. The van der Waals surface area contributed by atoms with Crippen LogP contribution in [0.4, 0.5) is 15.8 Å². The predicted octanol–water partition coefficient (Wildman–Crippen LogP) is 3.43. The minimum atomic E-state index is -0.503. The van der Waals surface area contributed by atoms with Gasteiger partial charge in [0, 0.05) is 28.8 Å². The van der Waals surface area contributed by atoms with Gasteiger partial charge in [0.1, 0.15) is 5.82 Å². The monoisotopic (exact) mass is 425 g/mol. The molecule has 0 atom stereocenters. The van der Waals surface area contributed by atoms with Crippen molar-refractivity contribution in [1.82, 2.24) is 5.32 Å². The summed E-state index contributed by atoms with van der Waals surface area (Å²) in [6.45, 7) is 1.46. The molecule has 1 aliphatic heterocycles. The second-order valence-corrected chi connectivity index (χ2v) is 6.87. The molecule has 1 saturated heterocycles. The minimum Gasteiger partial charge on any atom is -0.359 e. The van der Waals surface area contributed by atoms with E-state index in [0.29, 0.717) is 28.3 Å². The van der Waals surface area contributed by atoms with Gasteiger partial charge in [0.2, 0.25) is 5.91 Å². The topological polar surface area (TPSA) is 61.4 Å². The maximum atomic E-state index is 13.4. The molecule has 0 aromatic heterocycles. The van der Waals surface area contributed by atoms with Crippen LogP contribution in [0.2, 0.25) is 5.02 Å². The summed E-state index contributed by atoms with van der Waals surface area (Å²) in [6, 6.07) is 9.01. The Labute approximate surface area is 157 Å². The molecule has 0 radical (unpaired) electrons. The highest BCUT2D eigenvalue weighted by atomic mass is 79.9. The van der Waals surface area contributed by atoms with Crippen molar-refractivity contribution < 1.29 is 14.0 Å². The Morgan fingerprint density at radius 3 is 2.76 bits per heavy atom. The van der Waals surface area contributed by atoms with Gasteiger partial charge < -0.3 is 15.5 Å². The smallest absolute Gasteiger partial charge is 0.255 e. The molecular formula is C17H14BrClFN3O2. The van der Waals surface area contributed by atoms with Crippen LogP contribution in [0.3, 0.4) is 0 Å². The van der Waals surface area contributed by atoms with Gasteiger partial charge in [0.25, 0.3) is 5.91 Å². The molecule has 2 aromatic carbocycles. The molecule has 130 valence electrons. The molecule has 0 unspecified atom stereocenters. The van der Waals surface area contributed by atoms with Crippen molar-refractivity contribution >= 4 is 50.7 Å². The molecule has 0 saturated carbocycles. The Kier molecular flexibility index (Phi) is 5.24. The van der Waals surface area contributed by atoms with Crippen molar-refractivity contribution in [2.24, 2.45) is 0 Å². The van der Waals surface area contributed by atoms with Crippen molar-refractivity contribution in [3.8, 4) is 0 Å². The molecule has 2 amide bonds. The third-order valence-electron chi connectivity index (χ3n) is 3.71. The molecule has 3 rings (SSSR count). The van der Waals surface area contributed by atoms with E-state index in [4.69, 9.17) is 11.6 Å². The van der Waals surface area contributed by atoms with Gasteiger partial charge in [0.15, 0.2) is 0 Å². The number of amides is 2. The fourth-order valence-corrected chi connectivity index (χ4v) is 3.34. The van der Waals surface area contributed by atoms with Gasteiger partial charge in [-0.25, -0.2) is 4.39 Å². The number of anilines is 2. The van der Waals surface area contributed by atoms with E-state index < -0.39 is 11.7 Å². The maximum absolute atomic E-state index is 13.4. The standard InChI is InChI=1S/C17H14BrClFN3O2/c18-11-5-10(6-12(20)7-11)17(25)22-13-1-2-15(14(19)8-13)23-4-3-21-16(24)9-23/h1-2,5-8H,3-4,9H2,(H,21,24)(H,22,25). The van der Waals surface area contributed by atoms with E-state index in [0.717, 1.165) is 11.8 Å². The number of nitrogens with one attached hydrogen (secondary N) is 2. The Balaban J connectivity index is 1.76. The number of carbonyl (C=O) groups is 2. The van der Waals surface area contributed by atoms with Gasteiger partial charge in [-0.1, -0.05) is 27.5 Å². The van der Waals surface area contributed by atoms with Crippen LogP contribution < -0.4 is 15.5 Å². The Hall–Kier alpha value is -2.12. The Morgan fingerprint density at radius 1 is 1.28 bits per heavy atom. The van der Waals surface area contributed by atoms with E-state index in [1.54, 1.807) is 18.2 Å². The summed E-state index contributed by atoms with van der Waals surface area (Å²) >= 11 is 9.46. The zero-order valence-electron chi connectivity index (χ0n) is 13.0. The Morgan fingerprint density at radius 2 is 2.08 bits per heavy atom. The van der Waals surface area contributed by atoms with Crippen LogP contribution in [-0.4, -0.2) is 31.4 Å². The molecule has 0 spiro atoms. The van der Waals surface area contributed by atoms with Gasteiger partial charge >= 0.3 is 0 Å². The van der Waals surface area contributed by atoms with Crippen LogP contribution in [-0.2, 0) is 4.79 Å². The highest BCUT2D eigenvalue weighted by Gasteiger charge is 2.19. The van der Waals surface area contributed by atoms with Crippen LogP contribution in [0.1, 0.15) is 10.4 Å². The van der Waals surface area contributed by atoms with Crippen molar-refractivity contribution in [1.29, 1.82) is 0 Å². The third kappa shape index (κ3) is 4.29. The van der Waals surface area contributed by atoms with Crippen molar-refractivity contribution in [2.75, 3.05) is 29.9 Å². The number of piperazine rings is 1. The van der Waals surface area contributed by atoms with Crippen LogP contribution >= 0.6 is 27.5 Å². The fourth-order valence-electron chi connectivity index (χ4n) is 2.57. The summed E-state index contributed by atoms with van der Waals surface area (Å²) in [6.07, 6.45) is 0. The number of rotatable bonds is 3. The summed E-state index contributed by atoms with van der Waals surface area (Å²) in [5, 5.41) is 5.86. The minimum absolute atomic E-state index is 0.0589. The maximum Gasteiger partial charge on any atom is 0.255 e. The molecule has 8 heteroatoms. The molecule has 5 nitrogen and oxygen atoms in total.